The van der Waals surface area contributed by atoms with Gasteiger partial charge in [0.25, 0.3) is 0 Å². The normalized spacial score (nSPS) is 19.2. The summed E-state index contributed by atoms with van der Waals surface area (Å²) < 4.78 is 276. The minimum atomic E-state index is -1.09. The van der Waals surface area contributed by atoms with Crippen LogP contribution in [0.2, 0.25) is 0 Å². The molecule has 0 saturated carbocycles. The molecule has 5 nitrogen and oxygen atoms in total. The van der Waals surface area contributed by atoms with E-state index in [1.165, 1.54) is 0 Å². The van der Waals surface area contributed by atoms with Gasteiger partial charge >= 0.3 is 0 Å². The first-order valence-corrected chi connectivity index (χ1v) is 17.4. The number of hydrogen-bond donors (Lipinski definition) is 0. The second kappa shape index (κ2) is 12.6. The van der Waals surface area contributed by atoms with Crippen molar-refractivity contribution < 1.29 is 45.5 Å². The summed E-state index contributed by atoms with van der Waals surface area (Å²) in [4.78, 5) is 13.5. The van der Waals surface area contributed by atoms with E-state index in [9.17, 15) is 15.1 Å². The molecule has 0 atom stereocenters. The van der Waals surface area contributed by atoms with E-state index < -0.39 is 271 Å². The predicted octanol–water partition coefficient (Wildman–Crippen LogP) is 13.9. The fourth-order valence-electron chi connectivity index (χ4n) is 6.51. The van der Waals surface area contributed by atoms with Crippen LogP contribution in [0.1, 0.15) is 41.1 Å². The van der Waals surface area contributed by atoms with Crippen LogP contribution in [0.3, 0.4) is 0 Å². The molecule has 0 spiro atoms. The fraction of sp³-hybridized carbons (Fsp3) is 0. The van der Waals surface area contributed by atoms with Crippen LogP contribution in [0.25, 0.3) is 115 Å². The molecule has 0 amide bonds. The van der Waals surface area contributed by atoms with Crippen molar-refractivity contribution in [3.05, 3.63) is 181 Å². The number of furan rings is 1. The summed E-state index contributed by atoms with van der Waals surface area (Å²) >= 11 is 0.600. The summed E-state index contributed by atoms with van der Waals surface area (Å²) in [6.45, 7) is 0. The summed E-state index contributed by atoms with van der Waals surface area (Å²) in [5.41, 5.74) is -7.07. The molecular weight excluding hydrogens is 717 g/mol. The van der Waals surface area contributed by atoms with Gasteiger partial charge in [0.2, 0.25) is 0 Å². The minimum absolute atomic E-state index is 0.173. The number of thiophene rings is 1. The highest BCUT2D eigenvalue weighted by Crippen LogP contribution is 2.42. The average molecular weight is 777 g/mol. The van der Waals surface area contributed by atoms with E-state index in [2.05, 4.69) is 15.0 Å². The van der Waals surface area contributed by atoms with Crippen molar-refractivity contribution in [2.45, 2.75) is 0 Å². The topological polar surface area (TPSA) is 56.7 Å². The standard InChI is InChI=1S/C51H30N4OS/c1-2-13-31(14-3-1)32-15-10-16-33(29-32)49-52-50(54-51(53-49)41-23-12-22-39-37-20-6-9-26-45(37)57-48(39)41)34-17-11-18-35(30-34)55-42-24-7-4-21-40(42)46-43(55)28-27-38-36-19-5-8-25-44(36)56-47(38)46/h1-30H/i1D,2D,3D,4D,5D,6D,7D,8D,9D,10D,11D,12D,13D,14D,15D,16D,17D,18D,19D,20D,21D,22D,23D,24D,25D,26D,27D,28D,29D,30D. The van der Waals surface area contributed by atoms with Gasteiger partial charge < -0.3 is 8.98 Å². The lowest BCUT2D eigenvalue weighted by atomic mass is 10.0. The fourth-order valence-corrected chi connectivity index (χ4v) is 7.57. The predicted molar refractivity (Wildman–Crippen MR) is 236 cm³/mol. The van der Waals surface area contributed by atoms with Crippen molar-refractivity contribution in [1.29, 1.82) is 0 Å². The van der Waals surface area contributed by atoms with Gasteiger partial charge in [-0.3, -0.25) is 0 Å². The van der Waals surface area contributed by atoms with Crippen molar-refractivity contribution in [3.8, 4) is 51.0 Å². The molecule has 0 N–H and O–H groups in total. The lowest BCUT2D eigenvalue weighted by Gasteiger charge is -2.12. The maximum absolute atomic E-state index is 10.1. The Morgan fingerprint density at radius 3 is 1.98 bits per heavy atom. The van der Waals surface area contributed by atoms with E-state index in [-0.39, 0.29) is 25.6 Å². The van der Waals surface area contributed by atoms with Gasteiger partial charge in [-0.05, 0) is 65.5 Å². The Hall–Kier alpha value is -7.41. The second-order valence-corrected chi connectivity index (χ2v) is 13.1. The van der Waals surface area contributed by atoms with Gasteiger partial charge in [0.1, 0.15) is 11.2 Å². The molecule has 0 bridgehead atoms. The highest BCUT2D eigenvalue weighted by atomic mass is 32.1. The van der Waals surface area contributed by atoms with Crippen LogP contribution in [0.15, 0.2) is 186 Å². The van der Waals surface area contributed by atoms with E-state index in [0.717, 1.165) is 4.57 Å². The molecule has 4 aromatic heterocycles. The molecule has 0 radical (unpaired) electrons. The molecule has 0 fully saturated rings. The number of aromatic nitrogens is 4. The van der Waals surface area contributed by atoms with Crippen LogP contribution in [-0.2, 0) is 0 Å². The Labute approximate surface area is 372 Å². The van der Waals surface area contributed by atoms with Crippen LogP contribution < -0.4 is 0 Å². The van der Waals surface area contributed by atoms with Crippen molar-refractivity contribution in [1.82, 2.24) is 19.5 Å². The second-order valence-electron chi connectivity index (χ2n) is 12.1. The number of hydrogen-bond acceptors (Lipinski definition) is 5. The molecule has 0 aliphatic rings. The Bertz CT molecular complexity index is 5280. The summed E-state index contributed by atoms with van der Waals surface area (Å²) in [5, 5.41) is -2.28. The number of nitrogens with zero attached hydrogens (tertiary/aromatic N) is 4. The van der Waals surface area contributed by atoms with Gasteiger partial charge in [0.15, 0.2) is 17.5 Å². The van der Waals surface area contributed by atoms with Crippen molar-refractivity contribution in [3.63, 3.8) is 0 Å². The zero-order chi connectivity index (χ0) is 63.6. The number of fused-ring (bicyclic) bond motifs is 10. The van der Waals surface area contributed by atoms with E-state index in [1.807, 2.05) is 0 Å². The first-order valence-electron chi connectivity index (χ1n) is 31.6. The molecule has 57 heavy (non-hydrogen) atoms. The molecule has 8 aromatic carbocycles. The Morgan fingerprint density at radius 2 is 1.11 bits per heavy atom. The molecule has 0 saturated heterocycles. The first-order chi connectivity index (χ1) is 40.7. The monoisotopic (exact) mass is 776 g/mol. The average Bonchev–Trinajstić information content (AvgIpc) is 1.55. The summed E-state index contributed by atoms with van der Waals surface area (Å²) in [5.74, 6) is -2.71. The summed E-state index contributed by atoms with van der Waals surface area (Å²) in [6.07, 6.45) is 0. The van der Waals surface area contributed by atoms with Crippen LogP contribution in [0.4, 0.5) is 0 Å². The molecule has 12 rings (SSSR count). The molecule has 6 heteroatoms. The van der Waals surface area contributed by atoms with Crippen LogP contribution in [0.5, 0.6) is 0 Å². The smallest absolute Gasteiger partial charge is 0.165 e. The number of rotatable bonds is 5. The van der Waals surface area contributed by atoms with Gasteiger partial charge in [-0.25, -0.2) is 15.0 Å². The molecule has 0 unspecified atom stereocenters. The largest absolute Gasteiger partial charge is 0.455 e. The summed E-state index contributed by atoms with van der Waals surface area (Å²) in [6, 6.07) is -26.3. The summed E-state index contributed by atoms with van der Waals surface area (Å²) in [7, 11) is 0. The van der Waals surface area contributed by atoms with Crippen LogP contribution in [-0.4, -0.2) is 19.5 Å². The molecule has 12 aromatic rings. The van der Waals surface area contributed by atoms with E-state index >= 15 is 0 Å². The SMILES string of the molecule is [2H]c1c([2H])c([2H])c(-c2c([2H])c([2H])c([2H])c(-c3nc(-c4c([2H])c([2H])c([2H])c(-n5c6c([2H])c([2H])c([2H])c([2H])c6c6c7oc8c([2H])c([2H])c([2H])c([2H])c8c7c([2H])c([2H])c65)c4[2H])nc(-c4c([2H])c([2H])c([2H])c5c4sc4c([2H])c([2H])c([2H])c([2H])c45)n3)c2[2H])c([2H])c1[2H]. The van der Waals surface area contributed by atoms with Gasteiger partial charge in [0, 0.05) is 58.7 Å². The van der Waals surface area contributed by atoms with E-state index in [0.29, 0.717) is 11.3 Å². The van der Waals surface area contributed by atoms with Crippen molar-refractivity contribution >= 4 is 75.3 Å². The number of benzene rings is 8. The van der Waals surface area contributed by atoms with Gasteiger partial charge in [-0.2, -0.15) is 0 Å². The third kappa shape index (κ3) is 5.04. The third-order valence-corrected chi connectivity index (χ3v) is 10.0. The quantitative estimate of drug-likeness (QED) is 0.175. The minimum Gasteiger partial charge on any atom is -0.455 e. The molecule has 0 aliphatic heterocycles. The highest BCUT2D eigenvalue weighted by Gasteiger charge is 2.21. The first kappa shape index (κ1) is 14.3. The van der Waals surface area contributed by atoms with Crippen LogP contribution >= 0.6 is 11.3 Å². The van der Waals surface area contributed by atoms with Gasteiger partial charge in [-0.15, -0.1) is 11.3 Å². The van der Waals surface area contributed by atoms with Crippen LogP contribution in [0, 0.1) is 0 Å². The van der Waals surface area contributed by atoms with E-state index in [1.54, 1.807) is 0 Å². The van der Waals surface area contributed by atoms with Crippen molar-refractivity contribution in [2.24, 2.45) is 0 Å². The van der Waals surface area contributed by atoms with E-state index in [4.69, 9.17) is 30.5 Å². The third-order valence-electron chi connectivity index (χ3n) is 8.92. The molecule has 4 heterocycles. The zero-order valence-corrected chi connectivity index (χ0v) is 28.9. The van der Waals surface area contributed by atoms with Gasteiger partial charge in [-0.1, -0.05) is 127 Å². The maximum atomic E-state index is 10.1. The molecular formula is C51H30N4OS. The maximum Gasteiger partial charge on any atom is 0.165 e. The van der Waals surface area contributed by atoms with Crippen molar-refractivity contribution in [2.75, 3.05) is 0 Å². The Balaban J connectivity index is 1.27. The highest BCUT2D eigenvalue weighted by molar-refractivity contribution is 7.26. The molecule has 266 valence electrons. The zero-order valence-electron chi connectivity index (χ0n) is 58.1. The van der Waals surface area contributed by atoms with Gasteiger partial charge in [0.05, 0.1) is 57.5 Å². The number of para-hydroxylation sites is 2. The Morgan fingerprint density at radius 1 is 0.456 bits per heavy atom. The molecule has 0 aliphatic carbocycles. The lowest BCUT2D eigenvalue weighted by molar-refractivity contribution is 0.673. The lowest BCUT2D eigenvalue weighted by Crippen LogP contribution is -2.01. The Kier molecular flexibility index (Phi) is 3.14.